The van der Waals surface area contributed by atoms with Gasteiger partial charge in [-0.1, -0.05) is 36.8 Å². The molecule has 24 heavy (non-hydrogen) atoms. The molecular weight excluding hydrogens is 306 g/mol. The van der Waals surface area contributed by atoms with E-state index in [0.29, 0.717) is 6.54 Å². The summed E-state index contributed by atoms with van der Waals surface area (Å²) in [5.41, 5.74) is 0.961. The fourth-order valence-electron chi connectivity index (χ4n) is 2.73. The first-order chi connectivity index (χ1) is 11.6. The Morgan fingerprint density at radius 1 is 1.17 bits per heavy atom. The van der Waals surface area contributed by atoms with E-state index in [-0.39, 0.29) is 31.1 Å². The second-order valence-electron chi connectivity index (χ2n) is 6.27. The van der Waals surface area contributed by atoms with Gasteiger partial charge < -0.3 is 14.8 Å². The summed E-state index contributed by atoms with van der Waals surface area (Å²) in [5.74, 6) is -0.515. The molecule has 1 N–H and O–H groups in total. The van der Waals surface area contributed by atoms with Crippen molar-refractivity contribution in [2.24, 2.45) is 0 Å². The van der Waals surface area contributed by atoms with Crippen molar-refractivity contribution >= 4 is 11.9 Å². The summed E-state index contributed by atoms with van der Waals surface area (Å²) in [4.78, 5) is 23.7. The molecule has 1 atom stereocenters. The summed E-state index contributed by atoms with van der Waals surface area (Å²) in [6.07, 6.45) is 5.71. The van der Waals surface area contributed by atoms with E-state index in [2.05, 4.69) is 5.32 Å². The molecule has 0 aromatic heterocycles. The number of nitrogens with one attached hydrogen (secondary N) is 1. The average Bonchev–Trinajstić information content (AvgIpc) is 2.61. The highest BCUT2D eigenvalue weighted by Crippen LogP contribution is 2.20. The van der Waals surface area contributed by atoms with E-state index < -0.39 is 6.04 Å². The van der Waals surface area contributed by atoms with Crippen LogP contribution in [0.1, 0.15) is 51.0 Å². The lowest BCUT2D eigenvalue weighted by Gasteiger charge is -2.23. The summed E-state index contributed by atoms with van der Waals surface area (Å²) < 4.78 is 10.7. The summed E-state index contributed by atoms with van der Waals surface area (Å²) in [6, 6.07) is 9.15. The first-order valence-corrected chi connectivity index (χ1v) is 8.78. The van der Waals surface area contributed by atoms with Crippen molar-refractivity contribution in [1.29, 1.82) is 0 Å². The molecule has 0 heterocycles. The second kappa shape index (κ2) is 10.1. The van der Waals surface area contributed by atoms with Gasteiger partial charge in [-0.3, -0.25) is 9.59 Å². The predicted octanol–water partition coefficient (Wildman–Crippen LogP) is 2.97. The van der Waals surface area contributed by atoms with Crippen molar-refractivity contribution in [2.75, 3.05) is 6.54 Å². The first kappa shape index (κ1) is 18.5. The lowest BCUT2D eigenvalue weighted by Crippen LogP contribution is -2.38. The smallest absolute Gasteiger partial charge is 0.323 e. The van der Waals surface area contributed by atoms with Crippen molar-refractivity contribution in [1.82, 2.24) is 5.32 Å². The number of rotatable bonds is 8. The van der Waals surface area contributed by atoms with Crippen molar-refractivity contribution in [3.05, 3.63) is 35.9 Å². The molecule has 1 aliphatic rings. The van der Waals surface area contributed by atoms with Crippen LogP contribution in [0.15, 0.2) is 30.3 Å². The monoisotopic (exact) mass is 333 g/mol. The molecule has 132 valence electrons. The van der Waals surface area contributed by atoms with Crippen LogP contribution in [0.2, 0.25) is 0 Å². The van der Waals surface area contributed by atoms with E-state index in [1.807, 2.05) is 30.3 Å². The fraction of sp³-hybridized carbons (Fsp3) is 0.579. The number of carbonyl (C=O) groups excluding carboxylic acids is 2. The average molecular weight is 333 g/mol. The molecule has 1 unspecified atom stereocenters. The molecule has 1 aliphatic carbocycles. The minimum Gasteiger partial charge on any atom is -0.461 e. The molecular formula is C19H27NO4. The Labute approximate surface area is 143 Å². The van der Waals surface area contributed by atoms with Crippen molar-refractivity contribution < 1.29 is 19.1 Å². The Morgan fingerprint density at radius 2 is 1.88 bits per heavy atom. The molecule has 0 amide bonds. The van der Waals surface area contributed by atoms with E-state index in [9.17, 15) is 9.59 Å². The SMILES string of the molecule is CC(NCCC(=O)OCc1ccccc1)C(=O)OC1CCCCC1. The van der Waals surface area contributed by atoms with E-state index in [4.69, 9.17) is 9.47 Å². The highest BCUT2D eigenvalue weighted by Gasteiger charge is 2.21. The van der Waals surface area contributed by atoms with Crippen LogP contribution in [0.25, 0.3) is 0 Å². The van der Waals surface area contributed by atoms with E-state index >= 15 is 0 Å². The van der Waals surface area contributed by atoms with Crippen LogP contribution in [0, 0.1) is 0 Å². The lowest BCUT2D eigenvalue weighted by molar-refractivity contribution is -0.153. The molecule has 1 aromatic carbocycles. The number of esters is 2. The van der Waals surface area contributed by atoms with Gasteiger partial charge in [-0.15, -0.1) is 0 Å². The Kier molecular flexibility index (Phi) is 7.75. The van der Waals surface area contributed by atoms with Crippen LogP contribution in [-0.2, 0) is 25.7 Å². The Hall–Kier alpha value is -1.88. The van der Waals surface area contributed by atoms with Crippen LogP contribution in [0.3, 0.4) is 0 Å². The molecule has 0 spiro atoms. The largest absolute Gasteiger partial charge is 0.461 e. The highest BCUT2D eigenvalue weighted by atomic mass is 16.5. The Balaban J connectivity index is 1.58. The van der Waals surface area contributed by atoms with E-state index in [1.165, 1.54) is 6.42 Å². The normalized spacial score (nSPS) is 16.4. The molecule has 1 aromatic rings. The zero-order valence-electron chi connectivity index (χ0n) is 14.3. The zero-order valence-corrected chi connectivity index (χ0v) is 14.3. The Morgan fingerprint density at radius 3 is 2.58 bits per heavy atom. The maximum Gasteiger partial charge on any atom is 0.323 e. The molecule has 0 saturated heterocycles. The van der Waals surface area contributed by atoms with Crippen molar-refractivity contribution in [2.45, 2.75) is 64.2 Å². The zero-order chi connectivity index (χ0) is 17.2. The van der Waals surface area contributed by atoms with Crippen LogP contribution in [0.5, 0.6) is 0 Å². The summed E-state index contributed by atoms with van der Waals surface area (Å²) in [6.45, 7) is 2.44. The summed E-state index contributed by atoms with van der Waals surface area (Å²) >= 11 is 0. The third kappa shape index (κ3) is 6.71. The molecule has 1 saturated carbocycles. The van der Waals surface area contributed by atoms with Crippen LogP contribution < -0.4 is 5.32 Å². The number of hydrogen-bond acceptors (Lipinski definition) is 5. The molecule has 1 fully saturated rings. The van der Waals surface area contributed by atoms with Crippen LogP contribution in [-0.4, -0.2) is 30.6 Å². The van der Waals surface area contributed by atoms with Gasteiger partial charge in [-0.25, -0.2) is 0 Å². The van der Waals surface area contributed by atoms with Gasteiger partial charge in [0.05, 0.1) is 6.42 Å². The molecule has 0 aliphatic heterocycles. The van der Waals surface area contributed by atoms with Gasteiger partial charge in [0.2, 0.25) is 0 Å². The number of benzene rings is 1. The van der Waals surface area contributed by atoms with Gasteiger partial charge in [0.25, 0.3) is 0 Å². The van der Waals surface area contributed by atoms with Gasteiger partial charge in [-0.05, 0) is 38.2 Å². The minimum atomic E-state index is -0.408. The number of carbonyl (C=O) groups is 2. The topological polar surface area (TPSA) is 64.6 Å². The van der Waals surface area contributed by atoms with Gasteiger partial charge in [0, 0.05) is 6.54 Å². The molecule has 5 nitrogen and oxygen atoms in total. The third-order valence-electron chi connectivity index (χ3n) is 4.21. The molecule has 0 bridgehead atoms. The van der Waals surface area contributed by atoms with Gasteiger partial charge in [0.15, 0.2) is 0 Å². The minimum absolute atomic E-state index is 0.0614. The number of ether oxygens (including phenoxy) is 2. The van der Waals surface area contributed by atoms with Crippen LogP contribution in [0.4, 0.5) is 0 Å². The molecule has 2 rings (SSSR count). The molecule has 5 heteroatoms. The van der Waals surface area contributed by atoms with E-state index in [1.54, 1.807) is 6.92 Å². The second-order valence-corrected chi connectivity index (χ2v) is 6.27. The fourth-order valence-corrected chi connectivity index (χ4v) is 2.73. The number of hydrogen-bond donors (Lipinski definition) is 1. The van der Waals surface area contributed by atoms with Gasteiger partial charge in [0.1, 0.15) is 18.8 Å². The Bertz CT molecular complexity index is 511. The maximum atomic E-state index is 12.0. The van der Waals surface area contributed by atoms with Gasteiger partial charge in [-0.2, -0.15) is 0 Å². The van der Waals surface area contributed by atoms with Crippen molar-refractivity contribution in [3.63, 3.8) is 0 Å². The predicted molar refractivity (Wildman–Crippen MR) is 91.3 cm³/mol. The third-order valence-corrected chi connectivity index (χ3v) is 4.21. The maximum absolute atomic E-state index is 12.0. The lowest BCUT2D eigenvalue weighted by atomic mass is 9.98. The van der Waals surface area contributed by atoms with Crippen LogP contribution >= 0.6 is 0 Å². The summed E-state index contributed by atoms with van der Waals surface area (Å²) in [5, 5.41) is 3.03. The molecule has 0 radical (unpaired) electrons. The van der Waals surface area contributed by atoms with Gasteiger partial charge >= 0.3 is 11.9 Å². The van der Waals surface area contributed by atoms with E-state index in [0.717, 1.165) is 31.2 Å². The first-order valence-electron chi connectivity index (χ1n) is 8.78. The quantitative estimate of drug-likeness (QED) is 0.741. The summed E-state index contributed by atoms with van der Waals surface area (Å²) in [7, 11) is 0. The van der Waals surface area contributed by atoms with Crippen molar-refractivity contribution in [3.8, 4) is 0 Å². The highest BCUT2D eigenvalue weighted by molar-refractivity contribution is 5.75. The standard InChI is InChI=1S/C19H27NO4/c1-15(19(22)24-17-10-6-3-7-11-17)20-13-12-18(21)23-14-16-8-4-2-5-9-16/h2,4-5,8-9,15,17,20H,3,6-7,10-14H2,1H3.